The van der Waals surface area contributed by atoms with Crippen molar-refractivity contribution in [1.29, 1.82) is 0 Å². The maximum absolute atomic E-state index is 12.3. The molecular formula is C25H42N4O. The Bertz CT molecular complexity index is 675. The van der Waals surface area contributed by atoms with Gasteiger partial charge in [0.1, 0.15) is 5.78 Å². The van der Waals surface area contributed by atoms with Crippen molar-refractivity contribution >= 4 is 5.78 Å². The lowest BCUT2D eigenvalue weighted by Gasteiger charge is -2.45. The Morgan fingerprint density at radius 2 is 1.43 bits per heavy atom. The topological polar surface area (TPSA) is 41.4 Å². The van der Waals surface area contributed by atoms with Crippen molar-refractivity contribution in [3.05, 3.63) is 18.0 Å². The molecule has 1 saturated carbocycles. The Morgan fingerprint density at radius 3 is 1.93 bits per heavy atom. The number of Topliss-reactive ketones (excluding diaryl/α,β-unsaturated/α-hetero) is 1. The number of carbonyl (C=O) groups excluding carboxylic acids is 1. The highest BCUT2D eigenvalue weighted by Gasteiger charge is 2.34. The molecule has 0 radical (unpaired) electrons. The third-order valence-corrected chi connectivity index (χ3v) is 8.14. The van der Waals surface area contributed by atoms with Crippen molar-refractivity contribution in [3.8, 4) is 0 Å². The molecule has 0 unspecified atom stereocenters. The van der Waals surface area contributed by atoms with Crippen LogP contribution in [0, 0.1) is 11.8 Å². The second-order valence-electron chi connectivity index (χ2n) is 10.3. The summed E-state index contributed by atoms with van der Waals surface area (Å²) >= 11 is 0. The summed E-state index contributed by atoms with van der Waals surface area (Å²) in [6.45, 7) is 11.2. The fraction of sp³-hybridized carbons (Fsp3) is 0.840. The molecule has 2 aliphatic heterocycles. The Balaban J connectivity index is 1.19. The van der Waals surface area contributed by atoms with Crippen LogP contribution >= 0.6 is 0 Å². The standard InChI is InChI=1S/C25H42N4O/c1-4-20-17-26-29(18-20)24-11-15-28(16-12-24)23-9-13-27(14-10-23)22-7-5-21(6-8-22)25(30)19(2)3/h17-19,21-24H,4-16H2,1-3H3. The number of likely N-dealkylation sites (tertiary alicyclic amines) is 2. The van der Waals surface area contributed by atoms with Crippen LogP contribution in [0.5, 0.6) is 0 Å². The SMILES string of the molecule is CCc1cnn(C2CCN(C3CCN(C4CCC(C(=O)C(C)C)CC4)CC3)CC2)c1. The summed E-state index contributed by atoms with van der Waals surface area (Å²) in [5.41, 5.74) is 1.35. The van der Waals surface area contributed by atoms with Gasteiger partial charge in [-0.3, -0.25) is 9.48 Å². The van der Waals surface area contributed by atoms with E-state index in [9.17, 15) is 4.79 Å². The number of piperidine rings is 2. The van der Waals surface area contributed by atoms with Gasteiger partial charge < -0.3 is 9.80 Å². The van der Waals surface area contributed by atoms with E-state index < -0.39 is 0 Å². The van der Waals surface area contributed by atoms with Crippen molar-refractivity contribution in [2.75, 3.05) is 26.2 Å². The van der Waals surface area contributed by atoms with Crippen LogP contribution in [0.25, 0.3) is 0 Å². The van der Waals surface area contributed by atoms with E-state index in [1.54, 1.807) is 0 Å². The molecule has 0 bridgehead atoms. The third kappa shape index (κ3) is 4.99. The molecule has 168 valence electrons. The lowest BCUT2D eigenvalue weighted by molar-refractivity contribution is -0.127. The largest absolute Gasteiger partial charge is 0.300 e. The molecule has 3 heterocycles. The van der Waals surface area contributed by atoms with Crippen LogP contribution in [0.2, 0.25) is 0 Å². The van der Waals surface area contributed by atoms with E-state index in [1.165, 1.54) is 70.3 Å². The van der Waals surface area contributed by atoms with Crippen LogP contribution in [0.1, 0.15) is 83.7 Å². The first-order valence-corrected chi connectivity index (χ1v) is 12.6. The number of nitrogens with zero attached hydrogens (tertiary/aromatic N) is 4. The molecule has 30 heavy (non-hydrogen) atoms. The van der Waals surface area contributed by atoms with E-state index in [0.717, 1.165) is 31.3 Å². The summed E-state index contributed by atoms with van der Waals surface area (Å²) in [5.74, 6) is 1.04. The van der Waals surface area contributed by atoms with Crippen LogP contribution < -0.4 is 0 Å². The van der Waals surface area contributed by atoms with Crippen LogP contribution in [0.15, 0.2) is 12.4 Å². The highest BCUT2D eigenvalue weighted by atomic mass is 16.1. The minimum absolute atomic E-state index is 0.202. The minimum Gasteiger partial charge on any atom is -0.300 e. The first-order valence-electron chi connectivity index (χ1n) is 12.6. The minimum atomic E-state index is 0.202. The quantitative estimate of drug-likeness (QED) is 0.695. The maximum atomic E-state index is 12.3. The number of hydrogen-bond donors (Lipinski definition) is 0. The molecule has 1 aromatic heterocycles. The fourth-order valence-corrected chi connectivity index (χ4v) is 6.09. The van der Waals surface area contributed by atoms with Crippen LogP contribution in [-0.4, -0.2) is 63.6 Å². The summed E-state index contributed by atoms with van der Waals surface area (Å²) in [4.78, 5) is 17.8. The zero-order valence-electron chi connectivity index (χ0n) is 19.4. The van der Waals surface area contributed by atoms with Gasteiger partial charge in [0.15, 0.2) is 0 Å². The molecule has 1 aromatic rings. The molecule has 5 heteroatoms. The molecule has 3 aliphatic rings. The smallest absolute Gasteiger partial charge is 0.138 e. The Hall–Kier alpha value is -1.20. The van der Waals surface area contributed by atoms with E-state index >= 15 is 0 Å². The van der Waals surface area contributed by atoms with E-state index in [0.29, 0.717) is 17.7 Å². The Kier molecular flexibility index (Phi) is 7.30. The van der Waals surface area contributed by atoms with Crippen molar-refractivity contribution in [3.63, 3.8) is 0 Å². The summed E-state index contributed by atoms with van der Waals surface area (Å²) in [6.07, 6.45) is 15.1. The van der Waals surface area contributed by atoms with Crippen molar-refractivity contribution in [2.24, 2.45) is 11.8 Å². The van der Waals surface area contributed by atoms with E-state index in [2.05, 4.69) is 46.5 Å². The summed E-state index contributed by atoms with van der Waals surface area (Å²) in [6, 6.07) is 2.08. The monoisotopic (exact) mass is 414 g/mol. The first kappa shape index (κ1) is 22.0. The number of aromatic nitrogens is 2. The predicted octanol–water partition coefficient (Wildman–Crippen LogP) is 4.33. The summed E-state index contributed by atoms with van der Waals surface area (Å²) < 4.78 is 2.22. The molecule has 1 aliphatic carbocycles. The first-order chi connectivity index (χ1) is 14.5. The number of aryl methyl sites for hydroxylation is 1. The van der Waals surface area contributed by atoms with Gasteiger partial charge in [0, 0.05) is 43.2 Å². The zero-order valence-corrected chi connectivity index (χ0v) is 19.4. The molecule has 0 N–H and O–H groups in total. The number of hydrogen-bond acceptors (Lipinski definition) is 4. The van der Waals surface area contributed by atoms with E-state index in [1.807, 2.05) is 6.20 Å². The van der Waals surface area contributed by atoms with E-state index in [-0.39, 0.29) is 5.92 Å². The fourth-order valence-electron chi connectivity index (χ4n) is 6.09. The second-order valence-corrected chi connectivity index (χ2v) is 10.3. The van der Waals surface area contributed by atoms with Crippen molar-refractivity contribution < 1.29 is 4.79 Å². The zero-order chi connectivity index (χ0) is 21.1. The summed E-state index contributed by atoms with van der Waals surface area (Å²) in [5, 5.41) is 4.61. The van der Waals surface area contributed by atoms with Crippen molar-refractivity contribution in [1.82, 2.24) is 19.6 Å². The van der Waals surface area contributed by atoms with Gasteiger partial charge in [-0.05, 0) is 76.4 Å². The average molecular weight is 415 g/mol. The van der Waals surface area contributed by atoms with Crippen LogP contribution in [0.4, 0.5) is 0 Å². The molecule has 0 spiro atoms. The molecule has 5 nitrogen and oxygen atoms in total. The maximum Gasteiger partial charge on any atom is 0.138 e. The average Bonchev–Trinajstić information content (AvgIpc) is 3.28. The lowest BCUT2D eigenvalue weighted by atomic mass is 9.79. The van der Waals surface area contributed by atoms with Crippen molar-refractivity contribution in [2.45, 2.75) is 96.7 Å². The lowest BCUT2D eigenvalue weighted by Crippen LogP contribution is -2.50. The molecular weight excluding hydrogens is 372 g/mol. The van der Waals surface area contributed by atoms with Gasteiger partial charge >= 0.3 is 0 Å². The van der Waals surface area contributed by atoms with E-state index in [4.69, 9.17) is 0 Å². The summed E-state index contributed by atoms with van der Waals surface area (Å²) in [7, 11) is 0. The Labute approximate surface area is 183 Å². The van der Waals surface area contributed by atoms with Gasteiger partial charge in [0.25, 0.3) is 0 Å². The number of rotatable bonds is 6. The van der Waals surface area contributed by atoms with Gasteiger partial charge in [-0.2, -0.15) is 5.10 Å². The molecule has 3 fully saturated rings. The number of ketones is 1. The molecule has 0 aromatic carbocycles. The molecule has 0 atom stereocenters. The number of carbonyl (C=O) groups is 1. The molecule has 2 saturated heterocycles. The highest BCUT2D eigenvalue weighted by Crippen LogP contribution is 2.32. The van der Waals surface area contributed by atoms with Gasteiger partial charge in [-0.25, -0.2) is 0 Å². The van der Waals surface area contributed by atoms with Gasteiger partial charge in [0.05, 0.1) is 12.2 Å². The van der Waals surface area contributed by atoms with Gasteiger partial charge in [-0.15, -0.1) is 0 Å². The Morgan fingerprint density at radius 1 is 0.900 bits per heavy atom. The third-order valence-electron chi connectivity index (χ3n) is 8.14. The van der Waals surface area contributed by atoms with Gasteiger partial charge in [-0.1, -0.05) is 20.8 Å². The normalized spacial score (nSPS) is 28.3. The molecule has 0 amide bonds. The predicted molar refractivity (Wildman–Crippen MR) is 122 cm³/mol. The second kappa shape index (κ2) is 9.95. The van der Waals surface area contributed by atoms with Crippen LogP contribution in [-0.2, 0) is 11.2 Å². The van der Waals surface area contributed by atoms with Crippen LogP contribution in [0.3, 0.4) is 0 Å². The molecule has 4 rings (SSSR count). The highest BCUT2D eigenvalue weighted by molar-refractivity contribution is 5.82. The van der Waals surface area contributed by atoms with Gasteiger partial charge in [0.2, 0.25) is 0 Å².